The quantitative estimate of drug-likeness (QED) is 0.882. The third kappa shape index (κ3) is 2.45. The number of hydrogen-bond acceptors (Lipinski definition) is 4. The van der Waals surface area contributed by atoms with Gasteiger partial charge in [0.05, 0.1) is 5.02 Å². The summed E-state index contributed by atoms with van der Waals surface area (Å²) in [4.78, 5) is 7.87. The molecule has 15 heavy (non-hydrogen) atoms. The van der Waals surface area contributed by atoms with Gasteiger partial charge in [0.1, 0.15) is 10.9 Å². The maximum atomic E-state index is 13.3. The number of aryl methyl sites for hydroxylation is 1. The average molecular weight is 245 g/mol. The molecular weight excluding hydrogens is 239 g/mol. The second-order valence-corrected chi connectivity index (χ2v) is 4.14. The molecule has 0 aromatic carbocycles. The van der Waals surface area contributed by atoms with Crippen molar-refractivity contribution in [3.8, 4) is 0 Å². The van der Waals surface area contributed by atoms with Crippen LogP contribution in [0.15, 0.2) is 22.4 Å². The first-order chi connectivity index (χ1) is 7.15. The minimum absolute atomic E-state index is 0.207. The molecule has 2 aromatic heterocycles. The van der Waals surface area contributed by atoms with Gasteiger partial charge in [-0.05, 0) is 24.8 Å². The molecule has 2 rings (SSSR count). The van der Waals surface area contributed by atoms with Crippen LogP contribution in [0.5, 0.6) is 0 Å². The molecule has 0 unspecified atom stereocenters. The minimum Gasteiger partial charge on any atom is -0.262 e. The molecule has 0 aliphatic heterocycles. The Kier molecular flexibility index (Phi) is 2.88. The standard InChI is InChI=1S/C8H6ClFN4S/c1-4-12-8(14-13-4)15-7-6(10)2-5(9)3-11-7/h2-3H,1H3,(H,12,13,14). The lowest BCUT2D eigenvalue weighted by Crippen LogP contribution is -1.87. The van der Waals surface area contributed by atoms with E-state index in [1.54, 1.807) is 6.92 Å². The highest BCUT2D eigenvalue weighted by Gasteiger charge is 2.09. The monoisotopic (exact) mass is 244 g/mol. The zero-order chi connectivity index (χ0) is 10.8. The van der Waals surface area contributed by atoms with E-state index in [1.807, 2.05) is 0 Å². The first-order valence-electron chi connectivity index (χ1n) is 4.03. The second-order valence-electron chi connectivity index (χ2n) is 2.75. The predicted octanol–water partition coefficient (Wildman–Crippen LogP) is 2.45. The molecule has 2 aromatic rings. The summed E-state index contributed by atoms with van der Waals surface area (Å²) < 4.78 is 13.3. The number of aromatic nitrogens is 4. The van der Waals surface area contributed by atoms with Gasteiger partial charge < -0.3 is 0 Å². The summed E-state index contributed by atoms with van der Waals surface area (Å²) in [6.45, 7) is 1.77. The van der Waals surface area contributed by atoms with Crippen molar-refractivity contribution in [2.75, 3.05) is 0 Å². The normalized spacial score (nSPS) is 10.6. The average Bonchev–Trinajstić information content (AvgIpc) is 2.56. The van der Waals surface area contributed by atoms with Crippen molar-refractivity contribution in [1.29, 1.82) is 0 Å². The Bertz CT molecular complexity index is 487. The number of H-pyrrole nitrogens is 1. The van der Waals surface area contributed by atoms with E-state index < -0.39 is 5.82 Å². The number of halogens is 2. The van der Waals surface area contributed by atoms with Crippen LogP contribution in [-0.4, -0.2) is 20.2 Å². The molecule has 1 N–H and O–H groups in total. The van der Waals surface area contributed by atoms with Gasteiger partial charge in [-0.15, -0.1) is 5.10 Å². The van der Waals surface area contributed by atoms with Gasteiger partial charge in [-0.25, -0.2) is 14.4 Å². The van der Waals surface area contributed by atoms with Crippen molar-refractivity contribution in [2.24, 2.45) is 0 Å². The molecule has 0 saturated heterocycles. The minimum atomic E-state index is -0.477. The van der Waals surface area contributed by atoms with Crippen LogP contribution in [0.1, 0.15) is 5.82 Å². The summed E-state index contributed by atoms with van der Waals surface area (Å²) >= 11 is 6.62. The van der Waals surface area contributed by atoms with E-state index in [1.165, 1.54) is 12.3 Å². The molecule has 0 spiro atoms. The summed E-state index contributed by atoms with van der Waals surface area (Å²) in [6, 6.07) is 1.20. The smallest absolute Gasteiger partial charge is 0.214 e. The molecule has 7 heteroatoms. The molecule has 4 nitrogen and oxygen atoms in total. The Morgan fingerprint density at radius 2 is 2.33 bits per heavy atom. The molecule has 78 valence electrons. The molecule has 0 fully saturated rings. The van der Waals surface area contributed by atoms with Crippen molar-refractivity contribution >= 4 is 23.4 Å². The van der Waals surface area contributed by atoms with Crippen molar-refractivity contribution < 1.29 is 4.39 Å². The Morgan fingerprint density at radius 3 is 2.93 bits per heavy atom. The first-order valence-corrected chi connectivity index (χ1v) is 5.22. The molecule has 0 amide bonds. The number of rotatable bonds is 2. The molecule has 0 radical (unpaired) electrons. The molecule has 0 aliphatic rings. The second kappa shape index (κ2) is 4.16. The molecular formula is C8H6ClFN4S. The van der Waals surface area contributed by atoms with Gasteiger partial charge in [-0.1, -0.05) is 11.6 Å². The van der Waals surface area contributed by atoms with E-state index in [-0.39, 0.29) is 10.0 Å². The third-order valence-corrected chi connectivity index (χ3v) is 2.60. The van der Waals surface area contributed by atoms with E-state index in [2.05, 4.69) is 20.2 Å². The fraction of sp³-hybridized carbons (Fsp3) is 0.125. The van der Waals surface area contributed by atoms with Crippen molar-refractivity contribution in [3.05, 3.63) is 28.9 Å². The topological polar surface area (TPSA) is 54.5 Å². The lowest BCUT2D eigenvalue weighted by atomic mass is 10.5. The maximum absolute atomic E-state index is 13.3. The van der Waals surface area contributed by atoms with Crippen LogP contribution in [0.4, 0.5) is 4.39 Å². The number of hydrogen-bond donors (Lipinski definition) is 1. The highest BCUT2D eigenvalue weighted by atomic mass is 35.5. The van der Waals surface area contributed by atoms with Gasteiger partial charge in [0.25, 0.3) is 0 Å². The van der Waals surface area contributed by atoms with E-state index in [9.17, 15) is 4.39 Å². The lowest BCUT2D eigenvalue weighted by molar-refractivity contribution is 0.587. The van der Waals surface area contributed by atoms with Crippen LogP contribution in [0.25, 0.3) is 0 Å². The SMILES string of the molecule is Cc1nc(Sc2ncc(Cl)cc2F)n[nH]1. The lowest BCUT2D eigenvalue weighted by Gasteiger charge is -1.97. The molecule has 0 saturated carbocycles. The van der Waals surface area contributed by atoms with Crippen LogP contribution >= 0.6 is 23.4 Å². The number of aromatic amines is 1. The van der Waals surface area contributed by atoms with Gasteiger partial charge in [0.15, 0.2) is 5.82 Å². The zero-order valence-corrected chi connectivity index (χ0v) is 9.23. The largest absolute Gasteiger partial charge is 0.262 e. The van der Waals surface area contributed by atoms with E-state index in [0.717, 1.165) is 11.8 Å². The van der Waals surface area contributed by atoms with Gasteiger partial charge >= 0.3 is 0 Å². The van der Waals surface area contributed by atoms with Crippen LogP contribution in [0.3, 0.4) is 0 Å². The van der Waals surface area contributed by atoms with Crippen molar-refractivity contribution in [3.63, 3.8) is 0 Å². The van der Waals surface area contributed by atoms with Crippen LogP contribution < -0.4 is 0 Å². The highest BCUT2D eigenvalue weighted by molar-refractivity contribution is 7.99. The maximum Gasteiger partial charge on any atom is 0.214 e. The number of pyridine rings is 1. The van der Waals surface area contributed by atoms with Gasteiger partial charge in [0.2, 0.25) is 5.16 Å². The zero-order valence-electron chi connectivity index (χ0n) is 7.66. The first kappa shape index (κ1) is 10.4. The highest BCUT2D eigenvalue weighted by Crippen LogP contribution is 2.26. The van der Waals surface area contributed by atoms with E-state index in [0.29, 0.717) is 11.0 Å². The fourth-order valence-electron chi connectivity index (χ4n) is 0.931. The predicted molar refractivity (Wildman–Crippen MR) is 54.4 cm³/mol. The Morgan fingerprint density at radius 1 is 1.53 bits per heavy atom. The van der Waals surface area contributed by atoms with Crippen molar-refractivity contribution in [1.82, 2.24) is 20.2 Å². The number of nitrogens with zero attached hydrogens (tertiary/aromatic N) is 3. The van der Waals surface area contributed by atoms with Gasteiger partial charge in [0, 0.05) is 6.20 Å². The van der Waals surface area contributed by atoms with Crippen LogP contribution in [-0.2, 0) is 0 Å². The summed E-state index contributed by atoms with van der Waals surface area (Å²) in [5.74, 6) is 0.196. The molecule has 0 aliphatic carbocycles. The Balaban J connectivity index is 2.24. The molecule has 0 atom stereocenters. The van der Waals surface area contributed by atoms with Gasteiger partial charge in [-0.2, -0.15) is 0 Å². The van der Waals surface area contributed by atoms with Crippen molar-refractivity contribution in [2.45, 2.75) is 17.1 Å². The van der Waals surface area contributed by atoms with E-state index in [4.69, 9.17) is 11.6 Å². The molecule has 2 heterocycles. The van der Waals surface area contributed by atoms with Gasteiger partial charge in [-0.3, -0.25) is 5.10 Å². The summed E-state index contributed by atoms with van der Waals surface area (Å²) in [5, 5.41) is 7.43. The third-order valence-electron chi connectivity index (χ3n) is 1.54. The Labute approximate surface area is 94.3 Å². The summed E-state index contributed by atoms with van der Waals surface area (Å²) in [5.41, 5.74) is 0. The fourth-order valence-corrected chi connectivity index (χ4v) is 1.78. The summed E-state index contributed by atoms with van der Waals surface area (Å²) in [7, 11) is 0. The summed E-state index contributed by atoms with van der Waals surface area (Å²) in [6.07, 6.45) is 1.38. The molecule has 0 bridgehead atoms. The van der Waals surface area contributed by atoms with Crippen LogP contribution in [0, 0.1) is 12.7 Å². The van der Waals surface area contributed by atoms with Crippen LogP contribution in [0.2, 0.25) is 5.02 Å². The van der Waals surface area contributed by atoms with E-state index >= 15 is 0 Å². The number of nitrogens with one attached hydrogen (secondary N) is 1. The Hall–Kier alpha value is -1.14.